The zero-order valence-corrected chi connectivity index (χ0v) is 58.5. The smallest absolute Gasteiger partial charge is 0.407 e. The third-order valence-corrected chi connectivity index (χ3v) is 19.9. The maximum absolute atomic E-state index is 16.6. The first kappa shape index (κ1) is 72.4. The van der Waals surface area contributed by atoms with Crippen molar-refractivity contribution in [2.24, 2.45) is 0 Å². The molecule has 0 aliphatic carbocycles. The van der Waals surface area contributed by atoms with Crippen molar-refractivity contribution in [1.82, 2.24) is 30.7 Å². The molecular formula is C81H96N6O12. The fraction of sp³-hybridized carbons (Fsp3) is 0.407. The van der Waals surface area contributed by atoms with Crippen LogP contribution in [-0.2, 0) is 31.0 Å². The summed E-state index contributed by atoms with van der Waals surface area (Å²) < 4.78 is 18.5. The van der Waals surface area contributed by atoms with Crippen molar-refractivity contribution in [2.45, 2.75) is 173 Å². The van der Waals surface area contributed by atoms with Gasteiger partial charge in [0.05, 0.1) is 37.8 Å². The molecule has 0 unspecified atom stereocenters. The van der Waals surface area contributed by atoms with Gasteiger partial charge < -0.3 is 60.2 Å². The highest BCUT2D eigenvalue weighted by Gasteiger charge is 2.55. The van der Waals surface area contributed by atoms with Crippen molar-refractivity contribution in [3.63, 3.8) is 0 Å². The van der Waals surface area contributed by atoms with Crippen LogP contribution in [0.15, 0.2) is 164 Å². The molecule has 0 bridgehead atoms. The highest BCUT2D eigenvalue weighted by Crippen LogP contribution is 2.46. The van der Waals surface area contributed by atoms with Crippen molar-refractivity contribution in [1.29, 1.82) is 0 Å². The van der Waals surface area contributed by atoms with Crippen LogP contribution in [0.5, 0.6) is 0 Å². The van der Waals surface area contributed by atoms with E-state index in [4.69, 9.17) is 14.2 Å². The van der Waals surface area contributed by atoms with Crippen LogP contribution in [0.25, 0.3) is 0 Å². The second-order valence-electron chi connectivity index (χ2n) is 27.3. The van der Waals surface area contributed by atoms with Gasteiger partial charge in [-0.05, 0) is 112 Å². The molecule has 0 spiro atoms. The number of nitrogens with zero attached hydrogens (tertiary/aromatic N) is 3. The van der Waals surface area contributed by atoms with Crippen LogP contribution in [-0.4, -0.2) is 142 Å². The van der Waals surface area contributed by atoms with Crippen LogP contribution < -0.4 is 16.0 Å². The number of amides is 6. The lowest BCUT2D eigenvalue weighted by molar-refractivity contribution is -0.00188. The van der Waals surface area contributed by atoms with Crippen LogP contribution >= 0.6 is 0 Å². The zero-order chi connectivity index (χ0) is 70.8. The standard InChI is InChI=1S/C81H96N6O12/c1-10-13-40-82-76(91)97-67-46-70(79(94,61-28-16-52(4)17-29-61)62-30-18-53(5)19-31-62)85(49-67)73(88)58-43-59(74(89)86-50-68(98-77(92)83-41-14-11-2)47-71(86)80(95,63-32-20-54(6)21-33-63)64-34-22-55(7)23-35-64)45-60(44-58)75(90)87-51-69(99-78(93)84-42-15-12-3)48-72(87)81(96,65-36-24-56(8)25-37-65)66-38-26-57(9)27-39-66/h16-39,43-45,67-72,94-96H,10-15,40-42,46-51H2,1-9H3,(H,82,91)(H,83,92)(H,84,93)/t67-,68-,69-,70+,71+,72+/m1/s1. The molecule has 7 aromatic carbocycles. The molecule has 3 fully saturated rings. The molecule has 3 saturated heterocycles. The Labute approximate surface area is 582 Å². The molecule has 6 amide bonds. The number of ether oxygens (including phenoxy) is 3. The van der Waals surface area contributed by atoms with Crippen LogP contribution in [0.1, 0.15) is 176 Å². The largest absolute Gasteiger partial charge is 0.444 e. The molecule has 7 aromatic rings. The van der Waals surface area contributed by atoms with Crippen molar-refractivity contribution in [3.8, 4) is 0 Å². The number of alkyl carbamates (subject to hydrolysis) is 3. The van der Waals surface area contributed by atoms with Gasteiger partial charge in [0.2, 0.25) is 0 Å². The van der Waals surface area contributed by atoms with Crippen molar-refractivity contribution in [2.75, 3.05) is 39.3 Å². The summed E-state index contributed by atoms with van der Waals surface area (Å²) in [7, 11) is 0. The molecule has 3 heterocycles. The van der Waals surface area contributed by atoms with Gasteiger partial charge in [-0.15, -0.1) is 0 Å². The highest BCUT2D eigenvalue weighted by molar-refractivity contribution is 6.05. The summed E-state index contributed by atoms with van der Waals surface area (Å²) in [5, 5.41) is 50.0. The van der Waals surface area contributed by atoms with Gasteiger partial charge in [-0.25, -0.2) is 14.4 Å². The molecule has 0 saturated carbocycles. The fourth-order valence-electron chi connectivity index (χ4n) is 14.2. The molecular weight excluding hydrogens is 1250 g/mol. The molecule has 6 N–H and O–H groups in total. The fourth-order valence-corrected chi connectivity index (χ4v) is 14.2. The van der Waals surface area contributed by atoms with Crippen molar-refractivity contribution < 1.29 is 58.3 Å². The third-order valence-electron chi connectivity index (χ3n) is 19.9. The van der Waals surface area contributed by atoms with E-state index in [9.17, 15) is 29.7 Å². The monoisotopic (exact) mass is 1340 g/mol. The Balaban J connectivity index is 1.17. The third kappa shape index (κ3) is 16.0. The lowest BCUT2D eigenvalue weighted by Gasteiger charge is -2.41. The van der Waals surface area contributed by atoms with Gasteiger partial charge in [-0.1, -0.05) is 219 Å². The molecule has 3 aliphatic rings. The first-order chi connectivity index (χ1) is 47.5. The number of carbonyl (C=O) groups is 6. The molecule has 6 atom stereocenters. The van der Waals surface area contributed by atoms with E-state index < -0.39 is 89.2 Å². The number of benzene rings is 7. The Bertz CT molecular complexity index is 3400. The topological polar surface area (TPSA) is 237 Å². The molecule has 0 aromatic heterocycles. The zero-order valence-electron chi connectivity index (χ0n) is 58.5. The molecule has 99 heavy (non-hydrogen) atoms. The van der Waals surface area contributed by atoms with Gasteiger partial charge in [0, 0.05) is 55.6 Å². The number of aliphatic hydroxyl groups is 3. The average Bonchev–Trinajstić information content (AvgIpc) is 1.66. The molecule has 18 nitrogen and oxygen atoms in total. The van der Waals surface area contributed by atoms with Crippen LogP contribution in [0.4, 0.5) is 14.4 Å². The predicted molar refractivity (Wildman–Crippen MR) is 380 cm³/mol. The number of hydrogen-bond donors (Lipinski definition) is 6. The predicted octanol–water partition coefficient (Wildman–Crippen LogP) is 12.7. The van der Waals surface area contributed by atoms with Crippen LogP contribution in [0.3, 0.4) is 0 Å². The quantitative estimate of drug-likeness (QED) is 0.0245. The number of likely N-dealkylation sites (tertiary alicyclic amines) is 3. The number of carbonyl (C=O) groups excluding carboxylic acids is 6. The number of hydrogen-bond acceptors (Lipinski definition) is 12. The van der Waals surface area contributed by atoms with Gasteiger partial charge in [0.1, 0.15) is 35.1 Å². The molecule has 0 radical (unpaired) electrons. The lowest BCUT2D eigenvalue weighted by atomic mass is 9.78. The highest BCUT2D eigenvalue weighted by atomic mass is 16.6. The van der Waals surface area contributed by atoms with E-state index in [2.05, 4.69) is 16.0 Å². The Hall–Kier alpha value is -9.36. The Morgan fingerprint density at radius 2 is 0.545 bits per heavy atom. The first-order valence-corrected chi connectivity index (χ1v) is 35.0. The molecule has 10 rings (SSSR count). The summed E-state index contributed by atoms with van der Waals surface area (Å²) in [4.78, 5) is 95.1. The van der Waals surface area contributed by atoms with E-state index in [1.807, 2.05) is 135 Å². The van der Waals surface area contributed by atoms with Gasteiger partial charge in [-0.2, -0.15) is 0 Å². The summed E-state index contributed by atoms with van der Waals surface area (Å²) >= 11 is 0. The second-order valence-corrected chi connectivity index (χ2v) is 27.3. The summed E-state index contributed by atoms with van der Waals surface area (Å²) in [5.41, 5.74) is 1.79. The minimum absolute atomic E-state index is 0.0471. The van der Waals surface area contributed by atoms with E-state index in [0.29, 0.717) is 72.3 Å². The minimum Gasteiger partial charge on any atom is -0.444 e. The Morgan fingerprint density at radius 1 is 0.354 bits per heavy atom. The van der Waals surface area contributed by atoms with E-state index in [-0.39, 0.29) is 55.6 Å². The summed E-state index contributed by atoms with van der Waals surface area (Å²) in [5.74, 6) is -2.22. The van der Waals surface area contributed by atoms with Gasteiger partial charge in [0.25, 0.3) is 17.7 Å². The Morgan fingerprint density at radius 3 is 0.727 bits per heavy atom. The van der Waals surface area contributed by atoms with Crippen LogP contribution in [0, 0.1) is 41.5 Å². The van der Waals surface area contributed by atoms with Crippen molar-refractivity contribution in [3.05, 3.63) is 247 Å². The summed E-state index contributed by atoms with van der Waals surface area (Å²) in [6.07, 6.45) is -0.653. The van der Waals surface area contributed by atoms with Crippen molar-refractivity contribution >= 4 is 36.0 Å². The summed E-state index contributed by atoms with van der Waals surface area (Å²) in [6, 6.07) is 44.8. The van der Waals surface area contributed by atoms with Gasteiger partial charge in [0.15, 0.2) is 0 Å². The van der Waals surface area contributed by atoms with E-state index in [1.165, 1.54) is 32.9 Å². The normalized spacial score (nSPS) is 18.6. The van der Waals surface area contributed by atoms with E-state index >= 15 is 14.4 Å². The van der Waals surface area contributed by atoms with E-state index in [0.717, 1.165) is 52.6 Å². The minimum atomic E-state index is -1.96. The number of aryl methyl sites for hydroxylation is 6. The lowest BCUT2D eigenvalue weighted by Crippen LogP contribution is -2.51. The molecule has 522 valence electrons. The van der Waals surface area contributed by atoms with E-state index in [1.54, 1.807) is 72.8 Å². The SMILES string of the molecule is CCCCNC(=O)O[C@@H]1C[C@@H](C(O)(c2ccc(C)cc2)c2ccc(C)cc2)N(C(=O)c2cc(C(=O)N3C[C@H](OC(=O)NCCCC)C[C@H]3C(O)(c3ccc(C)cc3)c3ccc(C)cc3)cc(C(=O)N3C[C@H](OC(=O)NCCCC)C[C@H]3C(O)(c3ccc(C)cc3)c3ccc(C)cc3)c2)C1. The van der Waals surface area contributed by atoms with Gasteiger partial charge in [-0.3, -0.25) is 14.4 Å². The summed E-state index contributed by atoms with van der Waals surface area (Å²) in [6.45, 7) is 17.9. The maximum Gasteiger partial charge on any atom is 0.407 e. The van der Waals surface area contributed by atoms with Crippen LogP contribution in [0.2, 0.25) is 0 Å². The second kappa shape index (κ2) is 31.7. The molecule has 18 heteroatoms. The number of rotatable bonds is 24. The average molecular weight is 1350 g/mol. The Kier molecular flexibility index (Phi) is 23.1. The number of nitrogens with one attached hydrogen (secondary N) is 3. The van der Waals surface area contributed by atoms with Gasteiger partial charge >= 0.3 is 18.3 Å². The maximum atomic E-state index is 16.6. The first-order valence-electron chi connectivity index (χ1n) is 35.0. The number of unbranched alkanes of at least 4 members (excludes halogenated alkanes) is 3. The molecule has 3 aliphatic heterocycles.